The van der Waals surface area contributed by atoms with Crippen molar-refractivity contribution < 1.29 is 27.5 Å². The number of carbonyl (C=O) groups is 2. The second-order valence-electron chi connectivity index (χ2n) is 12.3. The molecule has 47 heavy (non-hydrogen) atoms. The van der Waals surface area contributed by atoms with Crippen molar-refractivity contribution >= 4 is 29.2 Å². The van der Waals surface area contributed by atoms with Crippen LogP contribution in [0.25, 0.3) is 16.9 Å². The van der Waals surface area contributed by atoms with Crippen LogP contribution in [0.15, 0.2) is 65.8 Å². The topological polar surface area (TPSA) is 82.8 Å². The van der Waals surface area contributed by atoms with Crippen LogP contribution < -0.4 is 4.74 Å². The van der Waals surface area contributed by atoms with Crippen LogP contribution in [-0.4, -0.2) is 94.0 Å². The van der Waals surface area contributed by atoms with Crippen LogP contribution >= 0.6 is 0 Å². The lowest BCUT2D eigenvalue weighted by molar-refractivity contribution is -0.137. The molecule has 2 fully saturated rings. The van der Waals surface area contributed by atoms with Gasteiger partial charge in [0.05, 0.1) is 35.0 Å². The largest absolute Gasteiger partial charge is 0.493 e. The lowest BCUT2D eigenvalue weighted by Crippen LogP contribution is -2.49. The van der Waals surface area contributed by atoms with Gasteiger partial charge in [-0.15, -0.1) is 0 Å². The first-order valence-electron chi connectivity index (χ1n) is 16.0. The highest BCUT2D eigenvalue weighted by Crippen LogP contribution is 2.34. The van der Waals surface area contributed by atoms with Gasteiger partial charge in [-0.25, -0.2) is 4.98 Å². The van der Waals surface area contributed by atoms with Gasteiger partial charge in [0.15, 0.2) is 5.69 Å². The number of aliphatic imine (C=N–C) groups is 1. The van der Waals surface area contributed by atoms with E-state index >= 15 is 0 Å². The zero-order chi connectivity index (χ0) is 32.7. The average molecular weight is 645 g/mol. The predicted octanol–water partition coefficient (Wildman–Crippen LogP) is 5.88. The Hall–Kier alpha value is -4.71. The quantitative estimate of drug-likeness (QED) is 0.235. The molecule has 0 N–H and O–H groups in total. The highest BCUT2D eigenvalue weighted by atomic mass is 19.4. The third kappa shape index (κ3) is 6.09. The van der Waals surface area contributed by atoms with Crippen LogP contribution in [0.1, 0.15) is 51.2 Å². The first-order chi connectivity index (χ1) is 22.7. The molecule has 1 atom stereocenters. The number of amides is 2. The maximum atomic E-state index is 13.6. The van der Waals surface area contributed by atoms with E-state index < -0.39 is 11.7 Å². The normalized spacial score (nSPS) is 18.4. The molecule has 4 aromatic rings. The Kier molecular flexibility index (Phi) is 8.21. The number of benzene rings is 2. The molecule has 0 unspecified atom stereocenters. The van der Waals surface area contributed by atoms with E-state index in [0.29, 0.717) is 60.9 Å². The minimum atomic E-state index is -4.43. The molecule has 244 valence electrons. The molecule has 0 saturated carbocycles. The summed E-state index contributed by atoms with van der Waals surface area (Å²) in [6, 6.07) is 14.0. The number of nitrogens with zero attached hydrogens (tertiary/aromatic N) is 6. The van der Waals surface area contributed by atoms with Crippen molar-refractivity contribution in [1.29, 1.82) is 0 Å². The number of aryl methyl sites for hydroxylation is 1. The summed E-state index contributed by atoms with van der Waals surface area (Å²) in [4.78, 5) is 41.9. The van der Waals surface area contributed by atoms with Gasteiger partial charge >= 0.3 is 6.18 Å². The molecule has 0 radical (unpaired) electrons. The van der Waals surface area contributed by atoms with E-state index in [2.05, 4.69) is 14.9 Å². The van der Waals surface area contributed by atoms with Crippen LogP contribution in [0.2, 0.25) is 0 Å². The zero-order valence-corrected chi connectivity index (χ0v) is 26.0. The highest BCUT2D eigenvalue weighted by Gasteiger charge is 2.33. The summed E-state index contributed by atoms with van der Waals surface area (Å²) in [6.07, 6.45) is 1.95. The van der Waals surface area contributed by atoms with Gasteiger partial charge in [0.25, 0.3) is 11.8 Å². The van der Waals surface area contributed by atoms with Crippen molar-refractivity contribution in [3.05, 3.63) is 83.2 Å². The Bertz CT molecular complexity index is 1840. The standard InChI is InChI=1S/C35H35F3N6O3/c1-23-20-27-28(39-22-26-6-4-14-43(26)33(27)45)21-30(23)47-19-5-12-41-15-17-42(18-16-41)34(46)31-29-7-2-3-13-44(29)32(40-31)24-8-10-25(11-9-24)35(36,37)38/h2-3,7-11,13,20-22,26H,4-6,12,14-19H2,1H3/t26-/m0/s1. The van der Waals surface area contributed by atoms with Crippen molar-refractivity contribution in [2.75, 3.05) is 45.9 Å². The van der Waals surface area contributed by atoms with Crippen molar-refractivity contribution in [3.8, 4) is 17.1 Å². The molecule has 0 bridgehead atoms. The van der Waals surface area contributed by atoms with Gasteiger partial charge in [-0.05, 0) is 62.1 Å². The maximum Gasteiger partial charge on any atom is 0.416 e. The number of hydrogen-bond acceptors (Lipinski definition) is 6. The van der Waals surface area contributed by atoms with Crippen LogP contribution in [0.3, 0.4) is 0 Å². The molecular formula is C35H35F3N6O3. The fourth-order valence-corrected chi connectivity index (χ4v) is 6.63. The van der Waals surface area contributed by atoms with E-state index in [-0.39, 0.29) is 23.6 Å². The molecule has 12 heteroatoms. The minimum Gasteiger partial charge on any atom is -0.493 e. The SMILES string of the molecule is Cc1cc2c(cc1OCCCN1CCN(C(=O)c3nc(-c4ccc(C(F)(F)F)cc4)n4ccccc34)CC1)N=C[C@@H]1CCCN1C2=O. The van der Waals surface area contributed by atoms with E-state index in [9.17, 15) is 22.8 Å². The molecule has 2 aromatic heterocycles. The summed E-state index contributed by atoms with van der Waals surface area (Å²) >= 11 is 0. The van der Waals surface area contributed by atoms with Crippen LogP contribution in [0.4, 0.5) is 18.9 Å². The summed E-state index contributed by atoms with van der Waals surface area (Å²) in [5.41, 5.74) is 2.84. The van der Waals surface area contributed by atoms with Crippen molar-refractivity contribution in [3.63, 3.8) is 0 Å². The summed E-state index contributed by atoms with van der Waals surface area (Å²) in [5.74, 6) is 0.983. The monoisotopic (exact) mass is 644 g/mol. The second-order valence-corrected chi connectivity index (χ2v) is 12.3. The number of carbonyl (C=O) groups excluding carboxylic acids is 2. The van der Waals surface area contributed by atoms with Crippen molar-refractivity contribution in [2.24, 2.45) is 4.99 Å². The number of piperazine rings is 1. The smallest absolute Gasteiger partial charge is 0.416 e. The summed E-state index contributed by atoms with van der Waals surface area (Å²) in [7, 11) is 0. The lowest BCUT2D eigenvalue weighted by atomic mass is 10.1. The van der Waals surface area contributed by atoms with Gasteiger partial charge < -0.3 is 14.5 Å². The van der Waals surface area contributed by atoms with E-state index in [1.54, 1.807) is 27.6 Å². The molecular weight excluding hydrogens is 609 g/mol. The Morgan fingerprint density at radius 2 is 1.81 bits per heavy atom. The average Bonchev–Trinajstić information content (AvgIpc) is 3.68. The Morgan fingerprint density at radius 3 is 2.57 bits per heavy atom. The predicted molar refractivity (Wildman–Crippen MR) is 171 cm³/mol. The fourth-order valence-electron chi connectivity index (χ4n) is 6.63. The molecule has 0 spiro atoms. The molecule has 9 nitrogen and oxygen atoms in total. The van der Waals surface area contributed by atoms with Gasteiger partial charge in [0, 0.05) is 63.3 Å². The van der Waals surface area contributed by atoms with Gasteiger partial charge in [-0.2, -0.15) is 13.2 Å². The number of hydrogen-bond donors (Lipinski definition) is 0. The van der Waals surface area contributed by atoms with Crippen LogP contribution in [-0.2, 0) is 6.18 Å². The van der Waals surface area contributed by atoms with Gasteiger partial charge in [0.2, 0.25) is 0 Å². The van der Waals surface area contributed by atoms with Crippen molar-refractivity contribution in [2.45, 2.75) is 38.4 Å². The molecule has 3 aliphatic heterocycles. The van der Waals surface area contributed by atoms with Gasteiger partial charge in [-0.1, -0.05) is 18.2 Å². The number of halogens is 3. The van der Waals surface area contributed by atoms with E-state index in [0.717, 1.165) is 55.8 Å². The van der Waals surface area contributed by atoms with Crippen molar-refractivity contribution in [1.82, 2.24) is 24.1 Å². The number of aromatic nitrogens is 2. The van der Waals surface area contributed by atoms with Gasteiger partial charge in [-0.3, -0.25) is 23.9 Å². The van der Waals surface area contributed by atoms with Crippen LogP contribution in [0.5, 0.6) is 5.75 Å². The zero-order valence-electron chi connectivity index (χ0n) is 26.0. The van der Waals surface area contributed by atoms with E-state index in [1.807, 2.05) is 36.2 Å². The fraction of sp³-hybridized carbons (Fsp3) is 0.371. The second kappa shape index (κ2) is 12.5. The maximum absolute atomic E-state index is 13.6. The molecule has 2 saturated heterocycles. The van der Waals surface area contributed by atoms with Crippen LogP contribution in [0, 0.1) is 6.92 Å². The molecule has 5 heterocycles. The lowest BCUT2D eigenvalue weighted by Gasteiger charge is -2.34. The Balaban J connectivity index is 0.943. The molecule has 7 rings (SSSR count). The molecule has 2 aromatic carbocycles. The third-order valence-electron chi connectivity index (χ3n) is 9.23. The number of rotatable bonds is 7. The number of imidazole rings is 1. The number of fused-ring (bicyclic) bond motifs is 3. The number of ether oxygens (including phenoxy) is 1. The molecule has 0 aliphatic carbocycles. The molecule has 2 amide bonds. The van der Waals surface area contributed by atoms with E-state index in [1.165, 1.54) is 12.1 Å². The summed E-state index contributed by atoms with van der Waals surface area (Å²) in [5, 5.41) is 0. The Morgan fingerprint density at radius 1 is 1.02 bits per heavy atom. The first kappa shape index (κ1) is 30.9. The van der Waals surface area contributed by atoms with Gasteiger partial charge in [0.1, 0.15) is 11.6 Å². The highest BCUT2D eigenvalue weighted by molar-refractivity contribution is 6.03. The minimum absolute atomic E-state index is 0.0352. The Labute approximate surface area is 270 Å². The first-order valence-corrected chi connectivity index (χ1v) is 16.0. The van der Waals surface area contributed by atoms with E-state index in [4.69, 9.17) is 4.74 Å². The molecule has 3 aliphatic rings. The summed E-state index contributed by atoms with van der Waals surface area (Å²) in [6.45, 7) is 6.52. The third-order valence-corrected chi connectivity index (χ3v) is 9.23. The number of alkyl halides is 3. The number of pyridine rings is 1. The summed E-state index contributed by atoms with van der Waals surface area (Å²) < 4.78 is 47.2.